The first kappa shape index (κ1) is 20.9. The second-order valence-electron chi connectivity index (χ2n) is 6.36. The van der Waals surface area contributed by atoms with Gasteiger partial charge in [0.25, 0.3) is 11.6 Å². The van der Waals surface area contributed by atoms with Crippen molar-refractivity contribution in [2.45, 2.75) is 33.3 Å². The molecule has 0 saturated heterocycles. The Bertz CT molecular complexity index is 910. The van der Waals surface area contributed by atoms with E-state index in [4.69, 9.17) is 9.47 Å². The summed E-state index contributed by atoms with van der Waals surface area (Å²) in [6, 6.07) is 9.48. The summed E-state index contributed by atoms with van der Waals surface area (Å²) in [6.45, 7) is 5.36. The Kier molecular flexibility index (Phi) is 6.70. The van der Waals surface area contributed by atoms with E-state index in [0.717, 1.165) is 16.7 Å². The molecule has 148 valence electrons. The van der Waals surface area contributed by atoms with E-state index < -0.39 is 22.9 Å². The van der Waals surface area contributed by atoms with Gasteiger partial charge in [-0.25, -0.2) is 0 Å². The molecule has 0 aliphatic heterocycles. The van der Waals surface area contributed by atoms with Crippen molar-refractivity contribution in [3.8, 4) is 5.75 Å². The molecule has 0 fully saturated rings. The summed E-state index contributed by atoms with van der Waals surface area (Å²) in [5.41, 5.74) is 2.90. The summed E-state index contributed by atoms with van der Waals surface area (Å²) in [6.07, 6.45) is -1.04. The summed E-state index contributed by atoms with van der Waals surface area (Å²) in [5, 5.41) is 13.4. The van der Waals surface area contributed by atoms with Gasteiger partial charge in [0.2, 0.25) is 0 Å². The third kappa shape index (κ3) is 5.29. The Labute approximate surface area is 162 Å². The van der Waals surface area contributed by atoms with Crippen LogP contribution in [0.1, 0.15) is 23.6 Å². The highest BCUT2D eigenvalue weighted by Crippen LogP contribution is 2.29. The Morgan fingerprint density at radius 3 is 2.46 bits per heavy atom. The fourth-order valence-corrected chi connectivity index (χ4v) is 2.51. The van der Waals surface area contributed by atoms with E-state index in [1.165, 1.54) is 32.2 Å². The number of non-ortho nitro benzene ring substituents is 1. The van der Waals surface area contributed by atoms with Gasteiger partial charge < -0.3 is 14.8 Å². The van der Waals surface area contributed by atoms with Gasteiger partial charge in [0, 0.05) is 12.1 Å². The number of hydrogen-bond donors (Lipinski definition) is 1. The van der Waals surface area contributed by atoms with Gasteiger partial charge in [-0.15, -0.1) is 0 Å². The standard InChI is InChI=1S/C20H22N2O6/c1-12-5-6-15(9-13(12)2)10-19(23)28-14(3)20(24)21-17-11-16(22(25)26)7-8-18(17)27-4/h5-9,11,14H,10H2,1-4H3,(H,21,24)/t14-/m1/s1. The molecular weight excluding hydrogens is 364 g/mol. The van der Waals surface area contributed by atoms with Crippen molar-refractivity contribution < 1.29 is 24.0 Å². The largest absolute Gasteiger partial charge is 0.495 e. The maximum atomic E-state index is 12.3. The minimum Gasteiger partial charge on any atom is -0.495 e. The van der Waals surface area contributed by atoms with Crippen LogP contribution >= 0.6 is 0 Å². The third-order valence-corrected chi connectivity index (χ3v) is 4.25. The smallest absolute Gasteiger partial charge is 0.311 e. The van der Waals surface area contributed by atoms with Crippen molar-refractivity contribution in [1.29, 1.82) is 0 Å². The summed E-state index contributed by atoms with van der Waals surface area (Å²) in [7, 11) is 1.38. The average Bonchev–Trinajstić information content (AvgIpc) is 2.64. The summed E-state index contributed by atoms with van der Waals surface area (Å²) in [5.74, 6) is -0.906. The van der Waals surface area contributed by atoms with Crippen LogP contribution in [0.3, 0.4) is 0 Å². The number of aryl methyl sites for hydroxylation is 2. The zero-order chi connectivity index (χ0) is 20.8. The SMILES string of the molecule is COc1ccc([N+](=O)[O-])cc1NC(=O)[C@@H](C)OC(=O)Cc1ccc(C)c(C)c1. The molecule has 0 aromatic heterocycles. The first-order valence-electron chi connectivity index (χ1n) is 8.60. The van der Waals surface area contributed by atoms with E-state index in [1.807, 2.05) is 32.0 Å². The summed E-state index contributed by atoms with van der Waals surface area (Å²) < 4.78 is 10.3. The molecular formula is C20H22N2O6. The lowest BCUT2D eigenvalue weighted by Gasteiger charge is -2.15. The first-order chi connectivity index (χ1) is 13.2. The molecule has 1 amide bonds. The predicted molar refractivity (Wildman–Crippen MR) is 103 cm³/mol. The van der Waals surface area contributed by atoms with E-state index in [2.05, 4.69) is 5.32 Å². The number of nitrogens with one attached hydrogen (secondary N) is 1. The molecule has 0 aliphatic rings. The maximum Gasteiger partial charge on any atom is 0.311 e. The molecule has 0 aliphatic carbocycles. The molecule has 2 aromatic rings. The molecule has 8 heteroatoms. The molecule has 8 nitrogen and oxygen atoms in total. The molecule has 28 heavy (non-hydrogen) atoms. The Balaban J connectivity index is 2.02. The molecule has 0 spiro atoms. The van der Waals surface area contributed by atoms with Gasteiger partial charge in [0.15, 0.2) is 6.10 Å². The highest BCUT2D eigenvalue weighted by molar-refractivity contribution is 5.96. The average molecular weight is 386 g/mol. The lowest BCUT2D eigenvalue weighted by molar-refractivity contribution is -0.384. The van der Waals surface area contributed by atoms with Crippen molar-refractivity contribution in [2.75, 3.05) is 12.4 Å². The molecule has 1 N–H and O–H groups in total. The quantitative estimate of drug-likeness (QED) is 0.444. The van der Waals surface area contributed by atoms with Gasteiger partial charge in [-0.1, -0.05) is 18.2 Å². The van der Waals surface area contributed by atoms with Crippen LogP contribution in [-0.2, 0) is 20.7 Å². The lowest BCUT2D eigenvalue weighted by Crippen LogP contribution is -2.30. The van der Waals surface area contributed by atoms with Gasteiger partial charge in [-0.2, -0.15) is 0 Å². The Hall–Kier alpha value is -3.42. The Morgan fingerprint density at radius 2 is 1.86 bits per heavy atom. The number of benzene rings is 2. The van der Waals surface area contributed by atoms with Crippen LogP contribution in [0.5, 0.6) is 5.75 Å². The van der Waals surface area contributed by atoms with Crippen molar-refractivity contribution in [3.05, 3.63) is 63.2 Å². The summed E-state index contributed by atoms with van der Waals surface area (Å²) >= 11 is 0. The first-order valence-corrected chi connectivity index (χ1v) is 8.60. The zero-order valence-electron chi connectivity index (χ0n) is 16.1. The zero-order valence-corrected chi connectivity index (χ0v) is 16.1. The molecule has 0 bridgehead atoms. The Morgan fingerprint density at radius 1 is 1.14 bits per heavy atom. The molecule has 2 aromatic carbocycles. The number of carbonyl (C=O) groups is 2. The van der Waals surface area contributed by atoms with Crippen LogP contribution in [0.2, 0.25) is 0 Å². The number of carbonyl (C=O) groups excluding carboxylic acids is 2. The number of hydrogen-bond acceptors (Lipinski definition) is 6. The van der Waals surface area contributed by atoms with Crippen molar-refractivity contribution in [1.82, 2.24) is 0 Å². The number of ether oxygens (including phenoxy) is 2. The van der Waals surface area contributed by atoms with Crippen LogP contribution in [0.4, 0.5) is 11.4 Å². The minimum atomic E-state index is -1.08. The van der Waals surface area contributed by atoms with Gasteiger partial charge in [-0.3, -0.25) is 19.7 Å². The number of nitro benzene ring substituents is 1. The fourth-order valence-electron chi connectivity index (χ4n) is 2.51. The van der Waals surface area contributed by atoms with Crippen LogP contribution in [0, 0.1) is 24.0 Å². The van der Waals surface area contributed by atoms with Gasteiger partial charge in [0.05, 0.1) is 24.1 Å². The number of methoxy groups -OCH3 is 1. The van der Waals surface area contributed by atoms with Crippen LogP contribution in [-0.4, -0.2) is 30.0 Å². The highest BCUT2D eigenvalue weighted by atomic mass is 16.6. The molecule has 0 saturated carbocycles. The number of esters is 1. The maximum absolute atomic E-state index is 12.3. The third-order valence-electron chi connectivity index (χ3n) is 4.25. The lowest BCUT2D eigenvalue weighted by atomic mass is 10.0. The number of rotatable bonds is 7. The molecule has 0 unspecified atom stereocenters. The van der Waals surface area contributed by atoms with E-state index in [-0.39, 0.29) is 23.5 Å². The normalized spacial score (nSPS) is 11.4. The van der Waals surface area contributed by atoms with Crippen LogP contribution in [0.25, 0.3) is 0 Å². The number of nitrogens with zero attached hydrogens (tertiary/aromatic N) is 1. The topological polar surface area (TPSA) is 108 Å². The van der Waals surface area contributed by atoms with Crippen LogP contribution < -0.4 is 10.1 Å². The van der Waals surface area contributed by atoms with Gasteiger partial charge in [-0.05, 0) is 43.5 Å². The minimum absolute atomic E-state index is 0.0405. The van der Waals surface area contributed by atoms with Crippen molar-refractivity contribution in [3.63, 3.8) is 0 Å². The van der Waals surface area contributed by atoms with E-state index in [9.17, 15) is 19.7 Å². The van der Waals surface area contributed by atoms with E-state index in [0.29, 0.717) is 0 Å². The van der Waals surface area contributed by atoms with E-state index in [1.54, 1.807) is 0 Å². The van der Waals surface area contributed by atoms with Crippen LogP contribution in [0.15, 0.2) is 36.4 Å². The second-order valence-corrected chi connectivity index (χ2v) is 6.36. The summed E-state index contributed by atoms with van der Waals surface area (Å²) in [4.78, 5) is 34.8. The van der Waals surface area contributed by atoms with Crippen molar-refractivity contribution >= 4 is 23.3 Å². The van der Waals surface area contributed by atoms with E-state index >= 15 is 0 Å². The monoisotopic (exact) mass is 386 g/mol. The number of amides is 1. The molecule has 2 rings (SSSR count). The fraction of sp³-hybridized carbons (Fsp3) is 0.300. The molecule has 0 heterocycles. The second kappa shape index (κ2) is 8.98. The molecule has 1 atom stereocenters. The van der Waals surface area contributed by atoms with Crippen molar-refractivity contribution in [2.24, 2.45) is 0 Å². The van der Waals surface area contributed by atoms with Gasteiger partial charge in [0.1, 0.15) is 5.75 Å². The predicted octanol–water partition coefficient (Wildman–Crippen LogP) is 3.33. The van der Waals surface area contributed by atoms with Gasteiger partial charge >= 0.3 is 5.97 Å². The highest BCUT2D eigenvalue weighted by Gasteiger charge is 2.21. The molecule has 0 radical (unpaired) electrons. The number of anilines is 1. The number of nitro groups is 1.